The molecule has 0 aromatic heterocycles. The van der Waals surface area contributed by atoms with Crippen LogP contribution in [0.25, 0.3) is 0 Å². The standard InChI is InChI=1S/C8H18O4/c1-9-3-5-11-7-8-12-6-4-10-2/h3-8H2,1-2H3/i1D3,2D3. The fourth-order valence-electron chi connectivity index (χ4n) is 0.523. The zero-order valence-electron chi connectivity index (χ0n) is 12.9. The van der Waals surface area contributed by atoms with Crippen molar-refractivity contribution in [3.8, 4) is 0 Å². The molecule has 4 nitrogen and oxygen atoms in total. The first-order valence-corrected chi connectivity index (χ1v) is 3.64. The summed E-state index contributed by atoms with van der Waals surface area (Å²) in [5, 5.41) is 0. The van der Waals surface area contributed by atoms with Crippen molar-refractivity contribution in [3.63, 3.8) is 0 Å². The van der Waals surface area contributed by atoms with E-state index >= 15 is 0 Å². The van der Waals surface area contributed by atoms with Crippen molar-refractivity contribution in [1.29, 1.82) is 0 Å². The summed E-state index contributed by atoms with van der Waals surface area (Å²) in [6.07, 6.45) is 0. The maximum absolute atomic E-state index is 6.75. The average Bonchev–Trinajstić information content (AvgIpc) is 2.17. The van der Waals surface area contributed by atoms with Crippen LogP contribution >= 0.6 is 0 Å². The maximum atomic E-state index is 6.75. The van der Waals surface area contributed by atoms with E-state index < -0.39 is 14.1 Å². The van der Waals surface area contributed by atoms with Crippen molar-refractivity contribution in [2.75, 3.05) is 53.7 Å². The molecule has 74 valence electrons. The Kier molecular flexibility index (Phi) is 4.43. The molecule has 12 heavy (non-hydrogen) atoms. The van der Waals surface area contributed by atoms with Crippen molar-refractivity contribution >= 4 is 0 Å². The molecule has 0 radical (unpaired) electrons. The maximum Gasteiger partial charge on any atom is 0.0701 e. The molecule has 0 fully saturated rings. The predicted molar refractivity (Wildman–Crippen MR) is 45.4 cm³/mol. The van der Waals surface area contributed by atoms with Crippen LogP contribution in [0.5, 0.6) is 0 Å². The molecular formula is C8H18O4. The monoisotopic (exact) mass is 184 g/mol. The fraction of sp³-hybridized carbons (Fsp3) is 1.00. The third kappa shape index (κ3) is 9.84. The summed E-state index contributed by atoms with van der Waals surface area (Å²) in [4.78, 5) is 0. The zero-order chi connectivity index (χ0) is 14.1. The Morgan fingerprint density at radius 2 is 1.17 bits per heavy atom. The molecule has 4 heteroatoms. The number of rotatable bonds is 9. The van der Waals surface area contributed by atoms with Crippen LogP contribution in [-0.4, -0.2) is 53.7 Å². The van der Waals surface area contributed by atoms with Gasteiger partial charge in [-0.25, -0.2) is 0 Å². The molecule has 0 bridgehead atoms. The van der Waals surface area contributed by atoms with Crippen LogP contribution in [0.15, 0.2) is 0 Å². The average molecular weight is 184 g/mol. The molecule has 0 atom stereocenters. The van der Waals surface area contributed by atoms with Gasteiger partial charge in [-0.3, -0.25) is 0 Å². The van der Waals surface area contributed by atoms with E-state index in [-0.39, 0.29) is 39.6 Å². The Hall–Kier alpha value is -0.160. The van der Waals surface area contributed by atoms with Crippen molar-refractivity contribution in [1.82, 2.24) is 0 Å². The quantitative estimate of drug-likeness (QED) is 0.483. The molecule has 0 spiro atoms. The van der Waals surface area contributed by atoms with Crippen molar-refractivity contribution in [2.24, 2.45) is 0 Å². The highest BCUT2D eigenvalue weighted by Crippen LogP contribution is 1.79. The SMILES string of the molecule is [2H]C([2H])([2H])OCCOCCOCCOC([2H])([2H])[2H]. The van der Waals surface area contributed by atoms with E-state index in [9.17, 15) is 0 Å². The smallest absolute Gasteiger partial charge is 0.0701 e. The Bertz CT molecular complexity index is 183. The van der Waals surface area contributed by atoms with Gasteiger partial charge in [0.05, 0.1) is 47.9 Å². The van der Waals surface area contributed by atoms with Gasteiger partial charge in [-0.1, -0.05) is 0 Å². The first-order valence-electron chi connectivity index (χ1n) is 6.64. The lowest BCUT2D eigenvalue weighted by atomic mass is 10.7. The normalized spacial score (nSPS) is 20.0. The molecule has 0 aliphatic carbocycles. The topological polar surface area (TPSA) is 36.9 Å². The molecule has 0 saturated carbocycles. The Balaban J connectivity index is 3.13. The second kappa shape index (κ2) is 10.8. The highest BCUT2D eigenvalue weighted by Gasteiger charge is 1.88. The summed E-state index contributed by atoms with van der Waals surface area (Å²) >= 11 is 0. The van der Waals surface area contributed by atoms with Crippen LogP contribution in [0.2, 0.25) is 0 Å². The second-order valence-electron chi connectivity index (χ2n) is 1.92. The second-order valence-corrected chi connectivity index (χ2v) is 1.92. The van der Waals surface area contributed by atoms with Crippen molar-refractivity contribution < 1.29 is 27.2 Å². The van der Waals surface area contributed by atoms with Gasteiger partial charge in [-0.15, -0.1) is 0 Å². The van der Waals surface area contributed by atoms with Crippen LogP contribution in [-0.2, 0) is 18.9 Å². The van der Waals surface area contributed by atoms with Crippen LogP contribution in [0.4, 0.5) is 0 Å². The van der Waals surface area contributed by atoms with Crippen LogP contribution in [0.1, 0.15) is 8.22 Å². The van der Waals surface area contributed by atoms with Gasteiger partial charge in [0, 0.05) is 14.1 Å². The predicted octanol–water partition coefficient (Wildman–Crippen LogP) is 0.312. The highest BCUT2D eigenvalue weighted by molar-refractivity contribution is 4.32. The van der Waals surface area contributed by atoms with Crippen molar-refractivity contribution in [2.45, 2.75) is 0 Å². The Labute approximate surface area is 82.2 Å². The Morgan fingerprint density at radius 1 is 0.750 bits per heavy atom. The molecule has 0 aromatic rings. The molecule has 0 aliphatic rings. The minimum atomic E-state index is -2.40. The summed E-state index contributed by atoms with van der Waals surface area (Å²) in [7, 11) is -4.79. The molecule has 0 rings (SSSR count). The molecule has 0 aromatic carbocycles. The third-order valence-corrected chi connectivity index (χ3v) is 1.03. The van der Waals surface area contributed by atoms with Gasteiger partial charge in [0.2, 0.25) is 0 Å². The van der Waals surface area contributed by atoms with Gasteiger partial charge < -0.3 is 18.9 Å². The van der Waals surface area contributed by atoms with E-state index in [0.29, 0.717) is 0 Å². The largest absolute Gasteiger partial charge is 0.382 e. The van der Waals surface area contributed by atoms with Gasteiger partial charge in [-0.2, -0.15) is 0 Å². The summed E-state index contributed by atoms with van der Waals surface area (Å²) in [6.45, 7) is 0.842. The van der Waals surface area contributed by atoms with Gasteiger partial charge in [0.25, 0.3) is 0 Å². The minimum absolute atomic E-state index is 0.0152. The zero-order valence-corrected chi connectivity index (χ0v) is 6.88. The highest BCUT2D eigenvalue weighted by atomic mass is 16.5. The lowest BCUT2D eigenvalue weighted by Crippen LogP contribution is -2.10. The first kappa shape index (κ1) is 4.91. The molecule has 0 N–H and O–H groups in total. The van der Waals surface area contributed by atoms with E-state index in [0.717, 1.165) is 0 Å². The lowest BCUT2D eigenvalue weighted by Gasteiger charge is -2.04. The number of methoxy groups -OCH3 is 2. The molecular weight excluding hydrogens is 160 g/mol. The van der Waals surface area contributed by atoms with Crippen LogP contribution < -0.4 is 0 Å². The molecule has 0 saturated heterocycles. The summed E-state index contributed by atoms with van der Waals surface area (Å²) in [6, 6.07) is 0. The molecule has 0 aliphatic heterocycles. The van der Waals surface area contributed by atoms with Gasteiger partial charge >= 0.3 is 0 Å². The first-order chi connectivity index (χ1) is 8.21. The minimum Gasteiger partial charge on any atom is -0.382 e. The van der Waals surface area contributed by atoms with Gasteiger partial charge in [-0.05, 0) is 0 Å². The van der Waals surface area contributed by atoms with Crippen LogP contribution in [0.3, 0.4) is 0 Å². The molecule has 0 heterocycles. The number of hydrogen-bond acceptors (Lipinski definition) is 4. The summed E-state index contributed by atoms with van der Waals surface area (Å²) in [5.41, 5.74) is 0. The fourth-order valence-corrected chi connectivity index (χ4v) is 0.523. The molecule has 0 amide bonds. The summed E-state index contributed by atoms with van der Waals surface area (Å²) < 4.78 is 59.5. The van der Waals surface area contributed by atoms with E-state index in [2.05, 4.69) is 9.47 Å². The van der Waals surface area contributed by atoms with E-state index in [1.807, 2.05) is 0 Å². The van der Waals surface area contributed by atoms with E-state index in [1.165, 1.54) is 0 Å². The number of ether oxygens (including phenoxy) is 4. The third-order valence-electron chi connectivity index (χ3n) is 1.03. The van der Waals surface area contributed by atoms with Gasteiger partial charge in [0.1, 0.15) is 0 Å². The Morgan fingerprint density at radius 3 is 1.58 bits per heavy atom. The number of hydrogen-bond donors (Lipinski definition) is 0. The van der Waals surface area contributed by atoms with Gasteiger partial charge in [0.15, 0.2) is 0 Å². The van der Waals surface area contributed by atoms with Crippen molar-refractivity contribution in [3.05, 3.63) is 0 Å². The van der Waals surface area contributed by atoms with E-state index in [4.69, 9.17) is 17.7 Å². The lowest BCUT2D eigenvalue weighted by molar-refractivity contribution is 0.0106. The van der Waals surface area contributed by atoms with Crippen LogP contribution in [0, 0.1) is 0 Å². The summed E-state index contributed by atoms with van der Waals surface area (Å²) in [5.74, 6) is 0. The molecule has 0 unspecified atom stereocenters. The van der Waals surface area contributed by atoms with E-state index in [1.54, 1.807) is 0 Å².